The van der Waals surface area contributed by atoms with Crippen LogP contribution < -0.4 is 0 Å². The summed E-state index contributed by atoms with van der Waals surface area (Å²) in [6.45, 7) is -0.122. The van der Waals surface area contributed by atoms with Crippen LogP contribution in [-0.2, 0) is 19.1 Å². The summed E-state index contributed by atoms with van der Waals surface area (Å²) in [6.07, 6.45) is 12.6. The summed E-state index contributed by atoms with van der Waals surface area (Å²) in [5.74, 6) is 3.90. The molecule has 0 spiro atoms. The van der Waals surface area contributed by atoms with Gasteiger partial charge in [0.1, 0.15) is 19.3 Å². The summed E-state index contributed by atoms with van der Waals surface area (Å²) in [4.78, 5) is 25.9. The van der Waals surface area contributed by atoms with Gasteiger partial charge in [0.25, 0.3) is 0 Å². The lowest BCUT2D eigenvalue weighted by molar-refractivity contribution is -0.180. The summed E-state index contributed by atoms with van der Waals surface area (Å²) in [6, 6.07) is 0. The van der Waals surface area contributed by atoms with Crippen molar-refractivity contribution in [2.24, 2.45) is 46.3 Å². The first-order valence-corrected chi connectivity index (χ1v) is 12.4. The average molecular weight is 417 g/mol. The van der Waals surface area contributed by atoms with Crippen molar-refractivity contribution in [3.05, 3.63) is 0 Å². The molecule has 0 aromatic carbocycles. The van der Waals surface area contributed by atoms with Crippen molar-refractivity contribution in [1.82, 2.24) is 0 Å². The highest BCUT2D eigenvalue weighted by molar-refractivity contribution is 5.78. The molecule has 30 heavy (non-hydrogen) atoms. The van der Waals surface area contributed by atoms with E-state index >= 15 is 0 Å². The van der Waals surface area contributed by atoms with Gasteiger partial charge in [-0.15, -0.1) is 0 Å². The molecule has 8 bridgehead atoms. The Kier molecular flexibility index (Phi) is 4.53. The van der Waals surface area contributed by atoms with Crippen LogP contribution in [-0.4, -0.2) is 36.4 Å². The monoisotopic (exact) mass is 416 g/mol. The number of carbonyl (C=O) groups excluding carboxylic acids is 2. The van der Waals surface area contributed by atoms with Gasteiger partial charge in [-0.25, -0.2) is 0 Å². The van der Waals surface area contributed by atoms with Gasteiger partial charge in [0, 0.05) is 0 Å². The smallest absolute Gasteiger partial charge is 0.312 e. The molecule has 0 unspecified atom stereocenters. The number of ether oxygens (including phenoxy) is 2. The van der Waals surface area contributed by atoms with E-state index in [9.17, 15) is 14.7 Å². The molecule has 0 aromatic heterocycles. The summed E-state index contributed by atoms with van der Waals surface area (Å²) in [5.41, 5.74) is -0.602. The van der Waals surface area contributed by atoms with Crippen LogP contribution in [0.2, 0.25) is 0 Å². The first kappa shape index (κ1) is 19.6. The normalized spacial score (nSPS) is 48.6. The molecule has 5 nitrogen and oxygen atoms in total. The number of hydrogen-bond donors (Lipinski definition) is 1. The molecule has 1 N–H and O–H groups in total. The molecule has 0 aliphatic heterocycles. The van der Waals surface area contributed by atoms with E-state index in [1.165, 1.54) is 38.5 Å². The van der Waals surface area contributed by atoms with Gasteiger partial charge in [0.2, 0.25) is 0 Å². The molecule has 0 aromatic rings. The van der Waals surface area contributed by atoms with E-state index in [2.05, 4.69) is 0 Å². The van der Waals surface area contributed by atoms with Crippen molar-refractivity contribution in [2.75, 3.05) is 13.2 Å². The van der Waals surface area contributed by atoms with E-state index in [4.69, 9.17) is 9.47 Å². The topological polar surface area (TPSA) is 72.8 Å². The maximum Gasteiger partial charge on any atom is 0.312 e. The van der Waals surface area contributed by atoms with E-state index < -0.39 is 6.10 Å². The van der Waals surface area contributed by atoms with Crippen LogP contribution in [0, 0.1) is 46.3 Å². The van der Waals surface area contributed by atoms with Crippen molar-refractivity contribution < 1.29 is 24.2 Å². The maximum absolute atomic E-state index is 12.9. The van der Waals surface area contributed by atoms with Crippen LogP contribution in [0.15, 0.2) is 0 Å². The van der Waals surface area contributed by atoms with Crippen LogP contribution in [0.4, 0.5) is 0 Å². The Morgan fingerprint density at radius 1 is 0.633 bits per heavy atom. The van der Waals surface area contributed by atoms with Gasteiger partial charge < -0.3 is 14.6 Å². The van der Waals surface area contributed by atoms with Gasteiger partial charge in [-0.1, -0.05) is 0 Å². The summed E-state index contributed by atoms with van der Waals surface area (Å²) in [7, 11) is 0. The Labute approximate surface area is 179 Å². The van der Waals surface area contributed by atoms with Crippen molar-refractivity contribution in [2.45, 2.75) is 83.2 Å². The summed E-state index contributed by atoms with van der Waals surface area (Å²) in [5, 5.41) is 10.4. The number of hydrogen-bond acceptors (Lipinski definition) is 5. The molecule has 5 heteroatoms. The number of esters is 2. The fraction of sp³-hybridized carbons (Fsp3) is 0.920. The Bertz CT molecular complexity index is 596. The van der Waals surface area contributed by atoms with Gasteiger partial charge in [0.05, 0.1) is 10.8 Å². The highest BCUT2D eigenvalue weighted by atomic mass is 16.6. The summed E-state index contributed by atoms with van der Waals surface area (Å²) >= 11 is 0. The number of carbonyl (C=O) groups is 2. The molecule has 8 saturated carbocycles. The van der Waals surface area contributed by atoms with Crippen molar-refractivity contribution in [3.8, 4) is 0 Å². The first-order valence-electron chi connectivity index (χ1n) is 12.4. The van der Waals surface area contributed by atoms with Gasteiger partial charge in [-0.2, -0.15) is 0 Å². The van der Waals surface area contributed by atoms with Crippen molar-refractivity contribution >= 4 is 11.9 Å². The Morgan fingerprint density at radius 3 is 1.17 bits per heavy atom. The van der Waals surface area contributed by atoms with E-state index in [1.54, 1.807) is 0 Å². The van der Waals surface area contributed by atoms with E-state index in [0.29, 0.717) is 35.5 Å². The minimum atomic E-state index is -0.930. The molecule has 0 amide bonds. The highest BCUT2D eigenvalue weighted by Gasteiger charge is 2.56. The minimum absolute atomic E-state index is 0.0608. The van der Waals surface area contributed by atoms with E-state index in [-0.39, 0.29) is 36.0 Å². The third-order valence-corrected chi connectivity index (χ3v) is 9.76. The second-order valence-corrected chi connectivity index (χ2v) is 12.2. The van der Waals surface area contributed by atoms with E-state index in [0.717, 1.165) is 38.5 Å². The van der Waals surface area contributed by atoms with E-state index in [1.807, 2.05) is 0 Å². The zero-order valence-electron chi connectivity index (χ0n) is 18.0. The molecular formula is C25H36O5. The van der Waals surface area contributed by atoms with Crippen LogP contribution in [0.25, 0.3) is 0 Å². The lowest BCUT2D eigenvalue weighted by Crippen LogP contribution is -2.51. The van der Waals surface area contributed by atoms with Gasteiger partial charge >= 0.3 is 11.9 Å². The van der Waals surface area contributed by atoms with Crippen LogP contribution >= 0.6 is 0 Å². The zero-order chi connectivity index (χ0) is 20.5. The second kappa shape index (κ2) is 6.95. The predicted octanol–water partition coefficient (Wildman–Crippen LogP) is 3.87. The molecule has 0 heterocycles. The molecule has 8 fully saturated rings. The molecule has 0 atom stereocenters. The third kappa shape index (κ3) is 3.22. The van der Waals surface area contributed by atoms with Crippen LogP contribution in [0.3, 0.4) is 0 Å². The SMILES string of the molecule is O=C(OCC(O)COC(=O)C12CC3CC(CC(C3)C1)C2)C12CC3CC(CC(C3)C1)C2. The van der Waals surface area contributed by atoms with Crippen molar-refractivity contribution in [1.29, 1.82) is 0 Å². The quantitative estimate of drug-likeness (QED) is 0.666. The maximum atomic E-state index is 12.9. The van der Waals surface area contributed by atoms with Gasteiger partial charge in [0.15, 0.2) is 0 Å². The minimum Gasteiger partial charge on any atom is -0.462 e. The molecular weight excluding hydrogens is 380 g/mol. The lowest BCUT2D eigenvalue weighted by Gasteiger charge is -2.55. The standard InChI is InChI=1S/C25H36O5/c26-21(13-29-22(27)24-7-15-1-16(8-24)3-17(2-15)9-24)14-30-23(28)25-10-18-4-19(11-25)6-20(5-18)12-25/h15-21,26H,1-14H2. The number of rotatable bonds is 6. The lowest BCUT2D eigenvalue weighted by atomic mass is 9.49. The fourth-order valence-corrected chi connectivity index (χ4v) is 9.42. The fourth-order valence-electron chi connectivity index (χ4n) is 9.42. The highest BCUT2D eigenvalue weighted by Crippen LogP contribution is 2.61. The Hall–Kier alpha value is -1.10. The zero-order valence-corrected chi connectivity index (χ0v) is 18.0. The molecule has 0 saturated heterocycles. The first-order chi connectivity index (χ1) is 14.4. The summed E-state index contributed by atoms with van der Waals surface area (Å²) < 4.78 is 11.2. The van der Waals surface area contributed by atoms with Crippen LogP contribution in [0.1, 0.15) is 77.0 Å². The molecule has 8 aliphatic rings. The second-order valence-electron chi connectivity index (χ2n) is 12.2. The molecule has 166 valence electrons. The molecule has 8 aliphatic carbocycles. The Balaban J connectivity index is 1.00. The average Bonchev–Trinajstić information content (AvgIpc) is 2.68. The van der Waals surface area contributed by atoms with Crippen molar-refractivity contribution in [3.63, 3.8) is 0 Å². The largest absolute Gasteiger partial charge is 0.462 e. The molecule has 8 rings (SSSR count). The molecule has 0 radical (unpaired) electrons. The van der Waals surface area contributed by atoms with Gasteiger partial charge in [-0.05, 0) is 113 Å². The number of aliphatic hydroxyl groups is 1. The third-order valence-electron chi connectivity index (χ3n) is 9.76. The van der Waals surface area contributed by atoms with Crippen LogP contribution in [0.5, 0.6) is 0 Å². The number of aliphatic hydroxyl groups excluding tert-OH is 1. The van der Waals surface area contributed by atoms with Gasteiger partial charge in [-0.3, -0.25) is 9.59 Å². The predicted molar refractivity (Wildman–Crippen MR) is 109 cm³/mol. The Morgan fingerprint density at radius 2 is 0.900 bits per heavy atom.